The van der Waals surface area contributed by atoms with Gasteiger partial charge in [-0.25, -0.2) is 14.2 Å². The molecule has 1 aromatic heterocycles. The normalized spacial score (nSPS) is 13.9. The molecular weight excluding hydrogens is 522 g/mol. The summed E-state index contributed by atoms with van der Waals surface area (Å²) in [5.74, 6) is -0.439. The number of methoxy groups -OCH3 is 1. The molecular formula is C26H25Cl2FN4O4. The molecule has 0 aliphatic carbocycles. The van der Waals surface area contributed by atoms with Crippen molar-refractivity contribution in [3.63, 3.8) is 0 Å². The number of rotatable bonds is 4. The Morgan fingerprint density at radius 3 is 2.46 bits per heavy atom. The number of halogens is 3. The third-order valence-electron chi connectivity index (χ3n) is 5.67. The molecule has 2 aromatic carbocycles. The Balaban J connectivity index is 1.76. The fourth-order valence-electron chi connectivity index (χ4n) is 4.06. The highest BCUT2D eigenvalue weighted by atomic mass is 35.5. The molecule has 3 aromatic rings. The molecule has 0 N–H and O–H groups in total. The number of carbonyl (C=O) groups is 1. The first-order valence-electron chi connectivity index (χ1n) is 11.5. The van der Waals surface area contributed by atoms with Gasteiger partial charge in [0, 0.05) is 42.7 Å². The number of hydrogen-bond acceptors (Lipinski definition) is 7. The molecule has 1 saturated heterocycles. The first-order chi connectivity index (χ1) is 17.5. The maximum Gasteiger partial charge on any atom is 0.410 e. The molecule has 1 aliphatic heterocycles. The second-order valence-electron chi connectivity index (χ2n) is 9.37. The van der Waals surface area contributed by atoms with Crippen LogP contribution < -0.4 is 14.4 Å². The third-order valence-corrected chi connectivity index (χ3v) is 6.16. The lowest BCUT2D eigenvalue weighted by atomic mass is 10.1. The van der Waals surface area contributed by atoms with Crippen molar-refractivity contribution in [1.82, 2.24) is 9.88 Å². The number of nitrogens with zero attached hydrogens (tertiary/aromatic N) is 4. The maximum atomic E-state index is 14.6. The van der Waals surface area contributed by atoms with Gasteiger partial charge in [-0.05, 0) is 39.0 Å². The van der Waals surface area contributed by atoms with Gasteiger partial charge < -0.3 is 24.0 Å². The zero-order valence-corrected chi connectivity index (χ0v) is 22.3. The number of ether oxygens (including phenoxy) is 3. The van der Waals surface area contributed by atoms with Crippen molar-refractivity contribution >= 4 is 45.9 Å². The Labute approximate surface area is 224 Å². The minimum absolute atomic E-state index is 0.0350. The summed E-state index contributed by atoms with van der Waals surface area (Å²) in [7, 11) is 1.40. The first-order valence-corrected chi connectivity index (χ1v) is 12.2. The molecule has 0 atom stereocenters. The van der Waals surface area contributed by atoms with E-state index in [9.17, 15) is 14.4 Å². The summed E-state index contributed by atoms with van der Waals surface area (Å²) in [6.07, 6.45) is -0.400. The minimum Gasteiger partial charge on any atom is -0.493 e. The first kappa shape index (κ1) is 26.6. The monoisotopic (exact) mass is 546 g/mol. The van der Waals surface area contributed by atoms with E-state index in [1.807, 2.05) is 25.7 Å². The van der Waals surface area contributed by atoms with E-state index in [1.54, 1.807) is 17.0 Å². The molecule has 1 fully saturated rings. The van der Waals surface area contributed by atoms with Crippen molar-refractivity contribution in [3.05, 3.63) is 51.9 Å². The van der Waals surface area contributed by atoms with E-state index in [0.29, 0.717) is 47.8 Å². The fraction of sp³-hybridized carbons (Fsp3) is 0.346. The molecule has 1 amide bonds. The summed E-state index contributed by atoms with van der Waals surface area (Å²) in [4.78, 5) is 20.5. The molecule has 0 spiro atoms. The van der Waals surface area contributed by atoms with Crippen LogP contribution in [-0.2, 0) is 4.74 Å². The van der Waals surface area contributed by atoms with Gasteiger partial charge >= 0.3 is 6.09 Å². The number of nitriles is 1. The topological polar surface area (TPSA) is 87.9 Å². The quantitative estimate of drug-likeness (QED) is 0.349. The van der Waals surface area contributed by atoms with E-state index in [1.165, 1.54) is 25.3 Å². The van der Waals surface area contributed by atoms with Crippen molar-refractivity contribution in [2.24, 2.45) is 0 Å². The Kier molecular flexibility index (Phi) is 7.53. The molecule has 2 heterocycles. The molecule has 0 bridgehead atoms. The molecule has 0 unspecified atom stereocenters. The average molecular weight is 547 g/mol. The predicted octanol–water partition coefficient (Wildman–Crippen LogP) is 6.41. The Hall–Kier alpha value is -3.48. The number of piperazine rings is 1. The number of hydrogen-bond donors (Lipinski definition) is 0. The van der Waals surface area contributed by atoms with E-state index < -0.39 is 17.5 Å². The van der Waals surface area contributed by atoms with Crippen molar-refractivity contribution in [2.75, 3.05) is 38.2 Å². The second-order valence-corrected chi connectivity index (χ2v) is 10.2. The Morgan fingerprint density at radius 1 is 1.14 bits per heavy atom. The summed E-state index contributed by atoms with van der Waals surface area (Å²) < 4.78 is 31.3. The summed E-state index contributed by atoms with van der Waals surface area (Å²) in [6.45, 7) is 7.00. The van der Waals surface area contributed by atoms with Crippen molar-refractivity contribution in [2.45, 2.75) is 26.4 Å². The van der Waals surface area contributed by atoms with Gasteiger partial charge in [0.25, 0.3) is 0 Å². The highest BCUT2D eigenvalue weighted by molar-refractivity contribution is 6.33. The van der Waals surface area contributed by atoms with Crippen LogP contribution in [0, 0.1) is 17.1 Å². The number of benzene rings is 2. The molecule has 8 nitrogen and oxygen atoms in total. The van der Waals surface area contributed by atoms with E-state index in [-0.39, 0.29) is 28.0 Å². The Morgan fingerprint density at radius 2 is 1.84 bits per heavy atom. The molecule has 0 radical (unpaired) electrons. The van der Waals surface area contributed by atoms with Gasteiger partial charge in [0.15, 0.2) is 17.3 Å². The van der Waals surface area contributed by atoms with E-state index in [2.05, 4.69) is 11.1 Å². The van der Waals surface area contributed by atoms with Crippen LogP contribution in [0.1, 0.15) is 26.3 Å². The van der Waals surface area contributed by atoms with Gasteiger partial charge in [0.1, 0.15) is 27.9 Å². The SMILES string of the molecule is COc1cccc(F)c1Oc1cc(Cl)cc2c(N3CCN(C(=O)OC(C)(C)C)CC3)c(C#N)c(Cl)nc12. The smallest absolute Gasteiger partial charge is 0.410 e. The molecule has 4 rings (SSSR count). The standard InChI is InChI=1S/C26H25Cl2FN4O4/c1-26(2,3)37-25(34)33-10-8-32(9-11-33)22-16-12-15(27)13-20(21(16)31-24(28)17(22)14-30)36-23-18(29)6-5-7-19(23)35-4/h5-7,12-13H,8-11H2,1-4H3. The van der Waals surface area contributed by atoms with Gasteiger partial charge in [-0.1, -0.05) is 29.3 Å². The van der Waals surface area contributed by atoms with Crippen LogP contribution in [0.2, 0.25) is 10.2 Å². The van der Waals surface area contributed by atoms with Gasteiger partial charge in [0.05, 0.1) is 12.8 Å². The van der Waals surface area contributed by atoms with E-state index >= 15 is 0 Å². The summed E-state index contributed by atoms with van der Waals surface area (Å²) in [5.41, 5.74) is 0.361. The van der Waals surface area contributed by atoms with Crippen molar-refractivity contribution < 1.29 is 23.4 Å². The number of aromatic nitrogens is 1. The third kappa shape index (κ3) is 5.60. The van der Waals surface area contributed by atoms with Gasteiger partial charge in [-0.2, -0.15) is 5.26 Å². The van der Waals surface area contributed by atoms with Gasteiger partial charge in [0.2, 0.25) is 5.75 Å². The van der Waals surface area contributed by atoms with Crippen LogP contribution in [-0.4, -0.2) is 54.9 Å². The van der Waals surface area contributed by atoms with Crippen molar-refractivity contribution in [3.8, 4) is 23.3 Å². The van der Waals surface area contributed by atoms with Crippen LogP contribution in [0.4, 0.5) is 14.9 Å². The number of fused-ring (bicyclic) bond motifs is 1. The molecule has 37 heavy (non-hydrogen) atoms. The minimum atomic E-state index is -0.634. The predicted molar refractivity (Wildman–Crippen MR) is 140 cm³/mol. The molecule has 1 aliphatic rings. The van der Waals surface area contributed by atoms with Crippen LogP contribution >= 0.6 is 23.2 Å². The lowest BCUT2D eigenvalue weighted by Gasteiger charge is -2.37. The summed E-state index contributed by atoms with van der Waals surface area (Å²) in [6, 6.07) is 9.59. The average Bonchev–Trinajstić information content (AvgIpc) is 2.84. The Bertz CT molecular complexity index is 1400. The van der Waals surface area contributed by atoms with Crippen LogP contribution in [0.25, 0.3) is 10.9 Å². The van der Waals surface area contributed by atoms with Crippen LogP contribution in [0.5, 0.6) is 17.2 Å². The zero-order valence-electron chi connectivity index (χ0n) is 20.8. The molecule has 0 saturated carbocycles. The lowest BCUT2D eigenvalue weighted by Crippen LogP contribution is -2.50. The number of para-hydroxylation sites is 1. The maximum absolute atomic E-state index is 14.6. The van der Waals surface area contributed by atoms with Crippen LogP contribution in [0.15, 0.2) is 30.3 Å². The zero-order chi connectivity index (χ0) is 26.9. The van der Waals surface area contributed by atoms with Gasteiger partial charge in [-0.15, -0.1) is 0 Å². The highest BCUT2D eigenvalue weighted by Gasteiger charge is 2.29. The van der Waals surface area contributed by atoms with Crippen LogP contribution in [0.3, 0.4) is 0 Å². The number of carbonyl (C=O) groups excluding carboxylic acids is 1. The van der Waals surface area contributed by atoms with Gasteiger partial charge in [-0.3, -0.25) is 0 Å². The lowest BCUT2D eigenvalue weighted by molar-refractivity contribution is 0.0240. The summed E-state index contributed by atoms with van der Waals surface area (Å²) >= 11 is 12.9. The molecule has 11 heteroatoms. The van der Waals surface area contributed by atoms with Crippen molar-refractivity contribution in [1.29, 1.82) is 5.26 Å². The van der Waals surface area contributed by atoms with E-state index in [4.69, 9.17) is 37.4 Å². The number of amides is 1. The number of pyridine rings is 1. The largest absolute Gasteiger partial charge is 0.493 e. The van der Waals surface area contributed by atoms with E-state index in [0.717, 1.165) is 0 Å². The fourth-order valence-corrected chi connectivity index (χ4v) is 4.48. The summed E-state index contributed by atoms with van der Waals surface area (Å²) in [5, 5.41) is 10.7. The molecule has 194 valence electrons. The highest BCUT2D eigenvalue weighted by Crippen LogP contribution is 2.43. The number of anilines is 1. The second kappa shape index (κ2) is 10.5.